The second-order valence-electron chi connectivity index (χ2n) is 6.95. The molecule has 1 aliphatic heterocycles. The number of nitrogens with one attached hydrogen (secondary N) is 1. The summed E-state index contributed by atoms with van der Waals surface area (Å²) < 4.78 is 12.8. The molecular weight excluding hydrogens is 338 g/mol. The van der Waals surface area contributed by atoms with Gasteiger partial charge >= 0.3 is 5.97 Å². The van der Waals surface area contributed by atoms with Crippen LogP contribution in [0.15, 0.2) is 0 Å². The highest BCUT2D eigenvalue weighted by atomic mass is 28.3. The summed E-state index contributed by atoms with van der Waals surface area (Å²) in [4.78, 5) is 24.4. The van der Waals surface area contributed by atoms with Gasteiger partial charge < -0.3 is 14.5 Å². The van der Waals surface area contributed by atoms with Crippen molar-refractivity contribution in [2.24, 2.45) is 0 Å². The molecule has 2 rings (SSSR count). The third-order valence-electron chi connectivity index (χ3n) is 4.32. The van der Waals surface area contributed by atoms with Crippen LogP contribution in [0.5, 0.6) is 0 Å². The van der Waals surface area contributed by atoms with E-state index in [9.17, 15) is 9.59 Å². The third kappa shape index (κ3) is 4.49. The van der Waals surface area contributed by atoms with Crippen LogP contribution in [0.1, 0.15) is 61.2 Å². The molecule has 140 valence electrons. The molecule has 25 heavy (non-hydrogen) atoms. The number of hydrogen-bond donors (Lipinski definition) is 1. The molecule has 8 heteroatoms. The zero-order valence-corrected chi connectivity index (χ0v) is 16.9. The van der Waals surface area contributed by atoms with Crippen LogP contribution in [0, 0.1) is 0 Å². The van der Waals surface area contributed by atoms with Crippen molar-refractivity contribution >= 4 is 20.9 Å². The van der Waals surface area contributed by atoms with Gasteiger partial charge in [0.25, 0.3) is 5.91 Å². The zero-order valence-electron chi connectivity index (χ0n) is 15.8. The van der Waals surface area contributed by atoms with E-state index in [-0.39, 0.29) is 18.2 Å². The summed E-state index contributed by atoms with van der Waals surface area (Å²) in [6.07, 6.45) is 0.589. The van der Waals surface area contributed by atoms with E-state index in [4.69, 9.17) is 9.16 Å². The van der Waals surface area contributed by atoms with E-state index < -0.39 is 15.0 Å². The van der Waals surface area contributed by atoms with Crippen molar-refractivity contribution in [3.63, 3.8) is 0 Å². The number of aromatic nitrogens is 2. The van der Waals surface area contributed by atoms with Crippen LogP contribution in [-0.2, 0) is 22.1 Å². The Morgan fingerprint density at radius 1 is 1.32 bits per heavy atom. The first-order valence-corrected chi connectivity index (χ1v) is 10.8. The fraction of sp³-hybridized carbons (Fsp3) is 0.706. The molecule has 1 aliphatic rings. The summed E-state index contributed by atoms with van der Waals surface area (Å²) in [6, 6.07) is 0. The molecule has 1 aromatic rings. The predicted octanol–water partition coefficient (Wildman–Crippen LogP) is 1.91. The molecule has 1 amide bonds. The molecule has 0 bridgehead atoms. The Bertz CT molecular complexity index is 620. The van der Waals surface area contributed by atoms with Crippen LogP contribution in [0.2, 0.25) is 11.1 Å². The van der Waals surface area contributed by atoms with Crippen LogP contribution in [0.3, 0.4) is 0 Å². The first-order chi connectivity index (χ1) is 11.9. The van der Waals surface area contributed by atoms with Gasteiger partial charge in [0.2, 0.25) is 0 Å². The fourth-order valence-electron chi connectivity index (χ4n) is 3.33. The topological polar surface area (TPSA) is 82.4 Å². The lowest BCUT2D eigenvalue weighted by Crippen LogP contribution is -2.34. The van der Waals surface area contributed by atoms with E-state index in [1.807, 2.05) is 0 Å². The van der Waals surface area contributed by atoms with Crippen LogP contribution in [0.25, 0.3) is 0 Å². The maximum absolute atomic E-state index is 12.3. The van der Waals surface area contributed by atoms with Crippen molar-refractivity contribution < 1.29 is 18.8 Å². The summed E-state index contributed by atoms with van der Waals surface area (Å²) in [5.41, 5.74) is 2.50. The molecule has 0 aliphatic carbocycles. The summed E-state index contributed by atoms with van der Waals surface area (Å²) in [5.74, 6) is -0.657. The molecule has 0 saturated carbocycles. The van der Waals surface area contributed by atoms with Gasteiger partial charge in [-0.2, -0.15) is 5.10 Å². The normalized spacial score (nSPS) is 14.2. The number of esters is 1. The Morgan fingerprint density at radius 3 is 2.60 bits per heavy atom. The lowest BCUT2D eigenvalue weighted by molar-refractivity contribution is 0.0517. The molecule has 1 aromatic heterocycles. The predicted molar refractivity (Wildman–Crippen MR) is 97.5 cm³/mol. The monoisotopic (exact) mass is 367 g/mol. The minimum absolute atomic E-state index is 0.189. The van der Waals surface area contributed by atoms with Crippen molar-refractivity contribution in [3.8, 4) is 0 Å². The molecule has 0 atom stereocenters. The Morgan fingerprint density at radius 2 is 2.00 bits per heavy atom. The fourth-order valence-corrected chi connectivity index (χ4v) is 6.02. The van der Waals surface area contributed by atoms with Crippen molar-refractivity contribution in [1.82, 2.24) is 15.1 Å². The number of carbonyl (C=O) groups excluding carboxylic acids is 2. The van der Waals surface area contributed by atoms with E-state index in [0.29, 0.717) is 48.5 Å². The van der Waals surface area contributed by atoms with Gasteiger partial charge in [-0.05, 0) is 24.4 Å². The molecule has 0 saturated heterocycles. The van der Waals surface area contributed by atoms with Gasteiger partial charge in [0.1, 0.15) is 5.69 Å². The summed E-state index contributed by atoms with van der Waals surface area (Å²) in [6.45, 7) is 12.3. The van der Waals surface area contributed by atoms with Crippen molar-refractivity contribution in [2.75, 3.05) is 19.8 Å². The Kier molecular flexibility index (Phi) is 6.77. The summed E-state index contributed by atoms with van der Waals surface area (Å²) in [5, 5.41) is 7.18. The van der Waals surface area contributed by atoms with Crippen LogP contribution < -0.4 is 5.32 Å². The van der Waals surface area contributed by atoms with E-state index in [1.54, 1.807) is 11.6 Å². The van der Waals surface area contributed by atoms with Crippen molar-refractivity contribution in [3.05, 3.63) is 17.0 Å². The number of rotatable bonds is 8. The largest absolute Gasteiger partial charge is 0.461 e. The van der Waals surface area contributed by atoms with Crippen molar-refractivity contribution in [2.45, 2.75) is 58.7 Å². The molecule has 1 N–H and O–H groups in total. The number of hydrogen-bond acceptors (Lipinski definition) is 5. The molecule has 0 aromatic carbocycles. The highest BCUT2D eigenvalue weighted by Crippen LogP contribution is 2.22. The maximum Gasteiger partial charge on any atom is 0.359 e. The minimum Gasteiger partial charge on any atom is -0.461 e. The lowest BCUT2D eigenvalue weighted by Gasteiger charge is -2.23. The molecule has 0 spiro atoms. The quantitative estimate of drug-likeness (QED) is 0.560. The zero-order chi connectivity index (χ0) is 18.6. The highest BCUT2D eigenvalue weighted by molar-refractivity contribution is 6.54. The molecule has 0 unspecified atom stereocenters. The van der Waals surface area contributed by atoms with Gasteiger partial charge in [-0.1, -0.05) is 27.7 Å². The SMILES string of the molecule is CCOC(=O)c1nn(CCO[SiH](C(C)C)C(C)C)c2c1CCNC2=O. The average Bonchev–Trinajstić information content (AvgIpc) is 2.91. The molecular formula is C17H29N3O4Si. The second-order valence-corrected chi connectivity index (χ2v) is 10.9. The van der Waals surface area contributed by atoms with Gasteiger partial charge in [0.15, 0.2) is 14.7 Å². The van der Waals surface area contributed by atoms with Gasteiger partial charge in [-0.25, -0.2) is 4.79 Å². The number of amides is 1. The minimum atomic E-state index is -1.32. The standard InChI is InChI=1S/C17H29N3O4Si/c1-6-23-17(22)14-13-7-8-18-16(21)15(13)20(19-14)9-10-24-25(11(2)3)12(4)5/h11-12,25H,6-10H2,1-5H3,(H,18,21). The Hall–Kier alpha value is -1.67. The van der Waals surface area contributed by atoms with Gasteiger partial charge in [0.05, 0.1) is 19.8 Å². The van der Waals surface area contributed by atoms with E-state index in [1.165, 1.54) is 0 Å². The average molecular weight is 368 g/mol. The van der Waals surface area contributed by atoms with Crippen LogP contribution in [0.4, 0.5) is 0 Å². The molecule has 2 heterocycles. The number of fused-ring (bicyclic) bond motifs is 1. The summed E-state index contributed by atoms with van der Waals surface area (Å²) >= 11 is 0. The number of nitrogens with zero attached hydrogens (tertiary/aromatic N) is 2. The van der Waals surface area contributed by atoms with E-state index in [2.05, 4.69) is 38.1 Å². The van der Waals surface area contributed by atoms with Gasteiger partial charge in [-0.3, -0.25) is 9.48 Å². The highest BCUT2D eigenvalue weighted by Gasteiger charge is 2.30. The Labute approximate surface area is 150 Å². The second kappa shape index (κ2) is 8.62. The van der Waals surface area contributed by atoms with E-state index in [0.717, 1.165) is 0 Å². The first kappa shape index (κ1) is 19.6. The molecule has 0 radical (unpaired) electrons. The molecule has 0 fully saturated rings. The van der Waals surface area contributed by atoms with E-state index >= 15 is 0 Å². The maximum atomic E-state index is 12.3. The Balaban J connectivity index is 2.17. The van der Waals surface area contributed by atoms with Crippen LogP contribution in [-0.4, -0.2) is 50.5 Å². The summed E-state index contributed by atoms with van der Waals surface area (Å²) in [7, 11) is -1.32. The lowest BCUT2D eigenvalue weighted by atomic mass is 10.1. The smallest absolute Gasteiger partial charge is 0.359 e. The molecule has 7 nitrogen and oxygen atoms in total. The third-order valence-corrected chi connectivity index (χ3v) is 7.57. The van der Waals surface area contributed by atoms with Gasteiger partial charge in [-0.15, -0.1) is 0 Å². The van der Waals surface area contributed by atoms with Gasteiger partial charge in [0, 0.05) is 12.1 Å². The number of carbonyl (C=O) groups is 2. The number of ether oxygens (including phenoxy) is 1. The van der Waals surface area contributed by atoms with Crippen molar-refractivity contribution in [1.29, 1.82) is 0 Å². The first-order valence-electron chi connectivity index (χ1n) is 9.03. The van der Waals surface area contributed by atoms with Crippen LogP contribution >= 0.6 is 0 Å².